The van der Waals surface area contributed by atoms with Crippen LogP contribution in [0.25, 0.3) is 0 Å². The van der Waals surface area contributed by atoms with Gasteiger partial charge in [0.15, 0.2) is 9.84 Å². The van der Waals surface area contributed by atoms with Gasteiger partial charge in [0.05, 0.1) is 17.1 Å². The first-order chi connectivity index (χ1) is 9.87. The van der Waals surface area contributed by atoms with E-state index in [1.165, 1.54) is 18.2 Å². The second kappa shape index (κ2) is 6.41. The Labute approximate surface area is 131 Å². The van der Waals surface area contributed by atoms with Gasteiger partial charge in [0.2, 0.25) is 0 Å². The summed E-state index contributed by atoms with van der Waals surface area (Å²) in [7, 11) is -3.32. The molecular weight excluding hydrogens is 356 g/mol. The van der Waals surface area contributed by atoms with Gasteiger partial charge in [0.1, 0.15) is 0 Å². The van der Waals surface area contributed by atoms with Gasteiger partial charge in [-0.1, -0.05) is 52.3 Å². The highest BCUT2D eigenvalue weighted by molar-refractivity contribution is 9.10. The molecule has 0 aliphatic rings. The SMILES string of the molecule is O=C(O)c1ccc(CS(=O)(=O)Cc2ccccc2)c(Br)c1. The zero-order valence-corrected chi connectivity index (χ0v) is 13.4. The summed E-state index contributed by atoms with van der Waals surface area (Å²) >= 11 is 3.23. The fraction of sp³-hybridized carbons (Fsp3) is 0.133. The lowest BCUT2D eigenvalue weighted by atomic mass is 10.1. The zero-order chi connectivity index (χ0) is 15.5. The van der Waals surface area contributed by atoms with Crippen LogP contribution in [-0.2, 0) is 21.3 Å². The molecule has 4 nitrogen and oxygen atoms in total. The summed E-state index contributed by atoms with van der Waals surface area (Å²) in [6, 6.07) is 13.3. The first kappa shape index (κ1) is 15.7. The van der Waals surface area contributed by atoms with Gasteiger partial charge in [-0.2, -0.15) is 0 Å². The Morgan fingerprint density at radius 1 is 1.05 bits per heavy atom. The van der Waals surface area contributed by atoms with E-state index in [1.54, 1.807) is 24.3 Å². The lowest BCUT2D eigenvalue weighted by molar-refractivity contribution is 0.0697. The monoisotopic (exact) mass is 368 g/mol. The molecule has 2 aromatic rings. The standard InChI is InChI=1S/C15H13BrO4S/c16-14-8-12(15(17)18)6-7-13(14)10-21(19,20)9-11-4-2-1-3-5-11/h1-8H,9-10H2,(H,17,18). The van der Waals surface area contributed by atoms with Gasteiger partial charge in [-0.3, -0.25) is 0 Å². The Morgan fingerprint density at radius 2 is 1.71 bits per heavy atom. The lowest BCUT2D eigenvalue weighted by Gasteiger charge is -2.07. The van der Waals surface area contributed by atoms with Crippen LogP contribution in [0, 0.1) is 0 Å². The molecule has 6 heteroatoms. The smallest absolute Gasteiger partial charge is 0.335 e. The molecule has 0 saturated heterocycles. The average molecular weight is 369 g/mol. The maximum Gasteiger partial charge on any atom is 0.335 e. The molecule has 21 heavy (non-hydrogen) atoms. The Balaban J connectivity index is 2.19. The summed E-state index contributed by atoms with van der Waals surface area (Å²) in [5.74, 6) is -1.22. The number of carboxylic acids is 1. The van der Waals surface area contributed by atoms with Crippen LogP contribution >= 0.6 is 15.9 Å². The van der Waals surface area contributed by atoms with Crippen molar-refractivity contribution in [1.29, 1.82) is 0 Å². The highest BCUT2D eigenvalue weighted by Gasteiger charge is 2.16. The maximum absolute atomic E-state index is 12.2. The van der Waals surface area contributed by atoms with Gasteiger partial charge < -0.3 is 5.11 Å². The van der Waals surface area contributed by atoms with Crippen LogP contribution < -0.4 is 0 Å². The van der Waals surface area contributed by atoms with E-state index in [1.807, 2.05) is 6.07 Å². The van der Waals surface area contributed by atoms with E-state index >= 15 is 0 Å². The van der Waals surface area contributed by atoms with E-state index in [-0.39, 0.29) is 17.1 Å². The zero-order valence-electron chi connectivity index (χ0n) is 11.0. The summed E-state index contributed by atoms with van der Waals surface area (Å²) < 4.78 is 24.9. The number of aromatic carboxylic acids is 1. The highest BCUT2D eigenvalue weighted by Crippen LogP contribution is 2.22. The molecule has 0 bridgehead atoms. The Hall–Kier alpha value is -1.66. The molecule has 110 valence electrons. The minimum Gasteiger partial charge on any atom is -0.478 e. The van der Waals surface area contributed by atoms with E-state index in [0.29, 0.717) is 10.0 Å². The van der Waals surface area contributed by atoms with Crippen LogP contribution in [0.3, 0.4) is 0 Å². The third kappa shape index (κ3) is 4.41. The van der Waals surface area contributed by atoms with Gasteiger partial charge in [-0.05, 0) is 23.3 Å². The van der Waals surface area contributed by atoms with E-state index in [4.69, 9.17) is 5.11 Å². The van der Waals surface area contributed by atoms with E-state index in [9.17, 15) is 13.2 Å². The number of hydrogen-bond donors (Lipinski definition) is 1. The Morgan fingerprint density at radius 3 is 2.29 bits per heavy atom. The molecule has 0 aliphatic heterocycles. The molecule has 2 rings (SSSR count). The van der Waals surface area contributed by atoms with Crippen LogP contribution in [0.4, 0.5) is 0 Å². The molecule has 0 spiro atoms. The minimum atomic E-state index is -3.32. The molecule has 0 heterocycles. The van der Waals surface area contributed by atoms with Gasteiger partial charge in [-0.15, -0.1) is 0 Å². The van der Waals surface area contributed by atoms with Crippen molar-refractivity contribution >= 4 is 31.7 Å². The molecule has 0 saturated carbocycles. The van der Waals surface area contributed by atoms with Gasteiger partial charge in [0, 0.05) is 4.47 Å². The number of benzene rings is 2. The number of carbonyl (C=O) groups is 1. The van der Waals surface area contributed by atoms with Crippen LogP contribution in [0.15, 0.2) is 53.0 Å². The largest absolute Gasteiger partial charge is 0.478 e. The maximum atomic E-state index is 12.2. The van der Waals surface area contributed by atoms with Crippen LogP contribution in [0.2, 0.25) is 0 Å². The number of hydrogen-bond acceptors (Lipinski definition) is 3. The third-order valence-electron chi connectivity index (χ3n) is 2.90. The summed E-state index contributed by atoms with van der Waals surface area (Å²) in [5, 5.41) is 8.89. The number of rotatable bonds is 5. The summed E-state index contributed by atoms with van der Waals surface area (Å²) in [6.45, 7) is 0. The van der Waals surface area contributed by atoms with Crippen LogP contribution in [-0.4, -0.2) is 19.5 Å². The van der Waals surface area contributed by atoms with Crippen molar-refractivity contribution in [3.8, 4) is 0 Å². The van der Waals surface area contributed by atoms with Gasteiger partial charge >= 0.3 is 5.97 Å². The van der Waals surface area contributed by atoms with Crippen molar-refractivity contribution in [1.82, 2.24) is 0 Å². The van der Waals surface area contributed by atoms with Gasteiger partial charge in [-0.25, -0.2) is 13.2 Å². The molecule has 2 aromatic carbocycles. The first-order valence-corrected chi connectivity index (χ1v) is 8.75. The molecule has 0 radical (unpaired) electrons. The van der Waals surface area contributed by atoms with E-state index in [2.05, 4.69) is 15.9 Å². The molecule has 1 N–H and O–H groups in total. The molecule has 0 atom stereocenters. The predicted octanol–water partition coefficient (Wildman–Crippen LogP) is 3.26. The quantitative estimate of drug-likeness (QED) is 0.878. The topological polar surface area (TPSA) is 71.4 Å². The Kier molecular flexibility index (Phi) is 4.80. The predicted molar refractivity (Wildman–Crippen MR) is 83.9 cm³/mol. The third-order valence-corrected chi connectivity index (χ3v) is 5.17. The van der Waals surface area contributed by atoms with E-state index in [0.717, 1.165) is 5.56 Å². The molecule has 0 fully saturated rings. The highest BCUT2D eigenvalue weighted by atomic mass is 79.9. The summed E-state index contributed by atoms with van der Waals surface area (Å²) in [4.78, 5) is 10.9. The van der Waals surface area contributed by atoms with Crippen LogP contribution in [0.5, 0.6) is 0 Å². The van der Waals surface area contributed by atoms with Crippen molar-refractivity contribution in [3.63, 3.8) is 0 Å². The van der Waals surface area contributed by atoms with Gasteiger partial charge in [0.25, 0.3) is 0 Å². The summed E-state index contributed by atoms with van der Waals surface area (Å²) in [6.07, 6.45) is 0. The number of sulfone groups is 1. The van der Waals surface area contributed by atoms with Crippen molar-refractivity contribution in [2.75, 3.05) is 0 Å². The normalized spacial score (nSPS) is 11.3. The van der Waals surface area contributed by atoms with Crippen LogP contribution in [0.1, 0.15) is 21.5 Å². The molecular formula is C15H13BrO4S. The van der Waals surface area contributed by atoms with Crippen molar-refractivity contribution in [2.45, 2.75) is 11.5 Å². The lowest BCUT2D eigenvalue weighted by Crippen LogP contribution is -2.08. The Bertz CT molecular complexity index is 754. The van der Waals surface area contributed by atoms with Crippen molar-refractivity contribution in [2.24, 2.45) is 0 Å². The molecule has 0 amide bonds. The molecule has 0 unspecified atom stereocenters. The molecule has 0 aromatic heterocycles. The first-order valence-electron chi connectivity index (χ1n) is 6.13. The average Bonchev–Trinajstić information content (AvgIpc) is 2.41. The van der Waals surface area contributed by atoms with Crippen molar-refractivity contribution in [3.05, 3.63) is 69.7 Å². The molecule has 0 aliphatic carbocycles. The fourth-order valence-electron chi connectivity index (χ4n) is 1.91. The van der Waals surface area contributed by atoms with E-state index < -0.39 is 15.8 Å². The second-order valence-corrected chi connectivity index (χ2v) is 7.55. The summed E-state index contributed by atoms with van der Waals surface area (Å²) in [5.41, 5.74) is 1.40. The van der Waals surface area contributed by atoms with Crippen molar-refractivity contribution < 1.29 is 18.3 Å². The fourth-order valence-corrected chi connectivity index (χ4v) is 4.15. The number of halogens is 1. The minimum absolute atomic E-state index is 0.0407. The second-order valence-electron chi connectivity index (χ2n) is 4.63. The number of carboxylic acid groups (broad SMARTS) is 1.